The molecule has 0 radical (unpaired) electrons. The largest absolute Gasteiger partial charge is 0.442 e. The van der Waals surface area contributed by atoms with Crippen molar-refractivity contribution in [3.8, 4) is 0 Å². The Bertz CT molecular complexity index is 985. The van der Waals surface area contributed by atoms with Gasteiger partial charge in [0.25, 0.3) is 0 Å². The Hall–Kier alpha value is -3.14. The van der Waals surface area contributed by atoms with E-state index in [0.29, 0.717) is 48.5 Å². The van der Waals surface area contributed by atoms with E-state index in [-0.39, 0.29) is 19.0 Å². The van der Waals surface area contributed by atoms with Gasteiger partial charge in [-0.1, -0.05) is 11.6 Å². The molecule has 9 nitrogen and oxygen atoms in total. The lowest BCUT2D eigenvalue weighted by molar-refractivity contribution is -0.119. The number of nitrogens with one attached hydrogen (secondary N) is 1. The molecule has 1 aromatic heterocycles. The van der Waals surface area contributed by atoms with Crippen LogP contribution in [0.25, 0.3) is 0 Å². The van der Waals surface area contributed by atoms with E-state index in [0.717, 1.165) is 0 Å². The van der Waals surface area contributed by atoms with Gasteiger partial charge in [0.2, 0.25) is 5.91 Å². The second-order valence-electron chi connectivity index (χ2n) is 7.33. The number of aromatic nitrogens is 2. The van der Waals surface area contributed by atoms with E-state index >= 15 is 0 Å². The van der Waals surface area contributed by atoms with E-state index in [1.54, 1.807) is 18.3 Å². The first-order valence-corrected chi connectivity index (χ1v) is 10.3. The summed E-state index contributed by atoms with van der Waals surface area (Å²) in [5.74, 6) is 0.00849. The van der Waals surface area contributed by atoms with Crippen molar-refractivity contribution in [2.45, 2.75) is 13.0 Å². The number of halogens is 2. The average molecular weight is 449 g/mol. The number of rotatable bonds is 5. The molecule has 0 unspecified atom stereocenters. The van der Waals surface area contributed by atoms with Gasteiger partial charge in [0, 0.05) is 45.5 Å². The molecule has 2 amide bonds. The molecule has 2 aliphatic rings. The van der Waals surface area contributed by atoms with Gasteiger partial charge in [-0.2, -0.15) is 0 Å². The third-order valence-electron chi connectivity index (χ3n) is 5.25. The lowest BCUT2D eigenvalue weighted by Gasteiger charge is -2.37. The van der Waals surface area contributed by atoms with Crippen LogP contribution in [0.3, 0.4) is 0 Å². The molecule has 1 atom stereocenters. The van der Waals surface area contributed by atoms with Crippen molar-refractivity contribution in [1.29, 1.82) is 0 Å². The zero-order valence-electron chi connectivity index (χ0n) is 16.9. The molecule has 1 aromatic carbocycles. The Kier molecular flexibility index (Phi) is 6.08. The van der Waals surface area contributed by atoms with Crippen LogP contribution in [-0.2, 0) is 9.53 Å². The van der Waals surface area contributed by atoms with Crippen LogP contribution in [0, 0.1) is 5.82 Å². The predicted molar refractivity (Wildman–Crippen MR) is 114 cm³/mol. The summed E-state index contributed by atoms with van der Waals surface area (Å²) in [5, 5.41) is 2.97. The molecule has 2 aliphatic heterocycles. The van der Waals surface area contributed by atoms with Crippen LogP contribution in [0.2, 0.25) is 5.15 Å². The summed E-state index contributed by atoms with van der Waals surface area (Å²) in [4.78, 5) is 36.9. The van der Waals surface area contributed by atoms with Crippen molar-refractivity contribution in [3.05, 3.63) is 41.6 Å². The molecule has 2 aromatic rings. The van der Waals surface area contributed by atoms with Crippen LogP contribution in [0.15, 0.2) is 30.6 Å². The number of hydrogen-bond acceptors (Lipinski definition) is 7. The van der Waals surface area contributed by atoms with Gasteiger partial charge in [-0.25, -0.2) is 19.2 Å². The van der Waals surface area contributed by atoms with Crippen molar-refractivity contribution in [2.24, 2.45) is 0 Å². The smallest absolute Gasteiger partial charge is 0.414 e. The number of carbonyl (C=O) groups excluding carboxylic acids is 2. The molecule has 0 saturated carbocycles. The molecule has 164 valence electrons. The molecule has 0 aliphatic carbocycles. The molecule has 1 N–H and O–H groups in total. The van der Waals surface area contributed by atoms with Gasteiger partial charge in [-0.15, -0.1) is 0 Å². The first kappa shape index (κ1) is 21.1. The van der Waals surface area contributed by atoms with Crippen molar-refractivity contribution in [1.82, 2.24) is 15.3 Å². The summed E-state index contributed by atoms with van der Waals surface area (Å²) in [6.07, 6.45) is 2.10. The molecule has 4 rings (SSSR count). The fraction of sp³-hybridized carbons (Fsp3) is 0.400. The molecule has 0 spiro atoms. The molecule has 0 bridgehead atoms. The van der Waals surface area contributed by atoms with Crippen LogP contribution in [0.5, 0.6) is 0 Å². The van der Waals surface area contributed by atoms with Gasteiger partial charge in [-0.05, 0) is 18.2 Å². The summed E-state index contributed by atoms with van der Waals surface area (Å²) in [5.41, 5.74) is 0.887. The van der Waals surface area contributed by atoms with E-state index in [4.69, 9.17) is 16.3 Å². The monoisotopic (exact) mass is 448 g/mol. The summed E-state index contributed by atoms with van der Waals surface area (Å²) in [7, 11) is 0. The Morgan fingerprint density at radius 1 is 1.23 bits per heavy atom. The van der Waals surface area contributed by atoms with E-state index in [9.17, 15) is 14.0 Å². The van der Waals surface area contributed by atoms with Gasteiger partial charge in [-0.3, -0.25) is 9.69 Å². The van der Waals surface area contributed by atoms with Crippen LogP contribution in [0.4, 0.5) is 26.4 Å². The van der Waals surface area contributed by atoms with Gasteiger partial charge in [0.15, 0.2) is 11.0 Å². The van der Waals surface area contributed by atoms with E-state index in [1.807, 2.05) is 9.80 Å². The number of hydrogen-bond donors (Lipinski definition) is 1. The minimum absolute atomic E-state index is 0.202. The average Bonchev–Trinajstić information content (AvgIpc) is 3.13. The normalized spacial score (nSPS) is 18.9. The van der Waals surface area contributed by atoms with Crippen LogP contribution < -0.4 is 20.0 Å². The van der Waals surface area contributed by atoms with Crippen LogP contribution in [-0.4, -0.2) is 67.3 Å². The summed E-state index contributed by atoms with van der Waals surface area (Å²) in [6, 6.07) is 4.71. The third-order valence-corrected chi connectivity index (χ3v) is 5.52. The fourth-order valence-electron chi connectivity index (χ4n) is 3.70. The number of piperazine rings is 1. The van der Waals surface area contributed by atoms with Crippen molar-refractivity contribution < 1.29 is 18.7 Å². The molecule has 3 heterocycles. The molecule has 2 fully saturated rings. The van der Waals surface area contributed by atoms with E-state index in [1.165, 1.54) is 24.1 Å². The number of cyclic esters (lactones) is 1. The zero-order valence-corrected chi connectivity index (χ0v) is 17.7. The maximum Gasteiger partial charge on any atom is 0.414 e. The number of ether oxygens (including phenoxy) is 1. The number of benzene rings is 1. The highest BCUT2D eigenvalue weighted by atomic mass is 35.5. The quantitative estimate of drug-likeness (QED) is 0.748. The molecule has 31 heavy (non-hydrogen) atoms. The highest BCUT2D eigenvalue weighted by Gasteiger charge is 2.33. The topological polar surface area (TPSA) is 90.9 Å². The van der Waals surface area contributed by atoms with Crippen LogP contribution >= 0.6 is 11.6 Å². The standard InChI is InChI=1S/C20H22ClFN6O3/c1-13(29)25-11-15-12-28(20(30)31-15)14-2-3-17(16(22)10-14)26-6-8-27(9-7-26)19-18(21)23-4-5-24-19/h2-5,10,15H,6-9,11-12H2,1H3,(H,25,29)/t15-/m0/s1. The van der Waals surface area contributed by atoms with Crippen LogP contribution in [0.1, 0.15) is 6.92 Å². The Morgan fingerprint density at radius 2 is 1.94 bits per heavy atom. The Labute approximate surface area is 183 Å². The van der Waals surface area contributed by atoms with E-state index in [2.05, 4.69) is 15.3 Å². The molecule has 11 heteroatoms. The Balaban J connectivity index is 1.40. The second kappa shape index (κ2) is 8.93. The zero-order chi connectivity index (χ0) is 22.0. The highest BCUT2D eigenvalue weighted by molar-refractivity contribution is 6.31. The summed E-state index contributed by atoms with van der Waals surface area (Å²) >= 11 is 6.12. The minimum Gasteiger partial charge on any atom is -0.442 e. The third kappa shape index (κ3) is 4.63. The number of anilines is 3. The van der Waals surface area contributed by atoms with Gasteiger partial charge < -0.3 is 19.9 Å². The predicted octanol–water partition coefficient (Wildman–Crippen LogP) is 2.06. The molecular weight excluding hydrogens is 427 g/mol. The summed E-state index contributed by atoms with van der Waals surface area (Å²) < 4.78 is 20.2. The Morgan fingerprint density at radius 3 is 2.61 bits per heavy atom. The lowest BCUT2D eigenvalue weighted by Crippen LogP contribution is -2.47. The lowest BCUT2D eigenvalue weighted by atomic mass is 10.2. The highest BCUT2D eigenvalue weighted by Crippen LogP contribution is 2.29. The van der Waals surface area contributed by atoms with Crippen molar-refractivity contribution in [2.75, 3.05) is 54.0 Å². The first-order chi connectivity index (χ1) is 14.9. The van der Waals surface area contributed by atoms with Gasteiger partial charge in [0.05, 0.1) is 24.5 Å². The SMILES string of the molecule is CC(=O)NC[C@H]1CN(c2ccc(N3CCN(c4nccnc4Cl)CC3)c(F)c2)C(=O)O1. The first-order valence-electron chi connectivity index (χ1n) is 9.91. The summed E-state index contributed by atoms with van der Waals surface area (Å²) in [6.45, 7) is 4.30. The minimum atomic E-state index is -0.558. The molecule has 2 saturated heterocycles. The maximum absolute atomic E-state index is 14.9. The molecular formula is C20H22ClFN6O3. The maximum atomic E-state index is 14.9. The van der Waals surface area contributed by atoms with E-state index < -0.39 is 18.0 Å². The van der Waals surface area contributed by atoms with Gasteiger partial charge in [0.1, 0.15) is 11.9 Å². The fourth-order valence-corrected chi connectivity index (χ4v) is 3.93. The number of amides is 2. The number of carbonyl (C=O) groups is 2. The second-order valence-corrected chi connectivity index (χ2v) is 7.69. The van der Waals surface area contributed by atoms with Crippen molar-refractivity contribution >= 4 is 40.8 Å². The van der Waals surface area contributed by atoms with Gasteiger partial charge >= 0.3 is 6.09 Å². The van der Waals surface area contributed by atoms with Crippen molar-refractivity contribution in [3.63, 3.8) is 0 Å². The number of nitrogens with zero attached hydrogens (tertiary/aromatic N) is 5.